The van der Waals surface area contributed by atoms with Gasteiger partial charge in [0, 0.05) is 0 Å². The van der Waals surface area contributed by atoms with Gasteiger partial charge in [0.15, 0.2) is 0 Å². The molecule has 0 fully saturated rings. The summed E-state index contributed by atoms with van der Waals surface area (Å²) in [6.45, 7) is 1.87. The predicted molar refractivity (Wildman–Crippen MR) is 76.4 cm³/mol. The highest BCUT2D eigenvalue weighted by molar-refractivity contribution is 6.44. The minimum Gasteiger partial charge on any atom is -0.373 e. The summed E-state index contributed by atoms with van der Waals surface area (Å²) in [5.41, 5.74) is 0.537. The van der Waals surface area contributed by atoms with Crippen LogP contribution in [0.3, 0.4) is 0 Å². The number of hydrogen-bond acceptors (Lipinski definition) is 2. The molecule has 0 radical (unpaired) electrons. The van der Waals surface area contributed by atoms with Crippen LogP contribution in [0, 0.1) is 12.3 Å². The van der Waals surface area contributed by atoms with Gasteiger partial charge in [-0.2, -0.15) is 0 Å². The Hall–Kier alpha value is -1.08. The molecule has 0 aliphatic heterocycles. The van der Waals surface area contributed by atoms with Crippen LogP contribution in [0.4, 0.5) is 5.69 Å². The Bertz CT molecular complexity index is 497. The summed E-state index contributed by atoms with van der Waals surface area (Å²) < 4.78 is 0. The third-order valence-corrected chi connectivity index (χ3v) is 3.17. The zero-order chi connectivity index (χ0) is 13.7. The van der Waals surface area contributed by atoms with Crippen LogP contribution < -0.4 is 10.6 Å². The smallest absolute Gasteiger partial charge is 0.242 e. The molecule has 0 saturated carbocycles. The van der Waals surface area contributed by atoms with Crippen LogP contribution in [0.15, 0.2) is 12.1 Å². The van der Waals surface area contributed by atoms with Gasteiger partial charge >= 0.3 is 0 Å². The lowest BCUT2D eigenvalue weighted by Gasteiger charge is -2.16. The Morgan fingerprint density at radius 1 is 1.33 bits per heavy atom. The molecular weight excluding hydrogens is 295 g/mol. The number of rotatable bonds is 4. The quantitative estimate of drug-likeness (QED) is 0.662. The van der Waals surface area contributed by atoms with Crippen molar-refractivity contribution in [3.63, 3.8) is 0 Å². The fraction of sp³-hybridized carbons (Fsp3) is 0.250. The maximum Gasteiger partial charge on any atom is 0.242 e. The Kier molecular flexibility index (Phi) is 5.61. The van der Waals surface area contributed by atoms with Crippen LogP contribution in [-0.4, -0.2) is 18.5 Å². The average molecular weight is 306 g/mol. The van der Waals surface area contributed by atoms with Crippen molar-refractivity contribution >= 4 is 46.4 Å². The summed E-state index contributed by atoms with van der Waals surface area (Å²) in [6.07, 6.45) is 5.05. The molecule has 0 saturated heterocycles. The van der Waals surface area contributed by atoms with E-state index in [0.717, 1.165) is 0 Å². The molecule has 3 nitrogen and oxygen atoms in total. The van der Waals surface area contributed by atoms with E-state index in [1.807, 2.05) is 0 Å². The monoisotopic (exact) mass is 304 g/mol. The first-order valence-electron chi connectivity index (χ1n) is 5.08. The Morgan fingerprint density at radius 3 is 2.56 bits per heavy atom. The highest BCUT2D eigenvalue weighted by Crippen LogP contribution is 2.32. The molecule has 6 heteroatoms. The Morgan fingerprint density at radius 2 is 1.94 bits per heavy atom. The average Bonchev–Trinajstić information content (AvgIpc) is 2.32. The van der Waals surface area contributed by atoms with Crippen LogP contribution >= 0.6 is 34.8 Å². The third kappa shape index (κ3) is 3.99. The largest absolute Gasteiger partial charge is 0.373 e. The van der Waals surface area contributed by atoms with Crippen molar-refractivity contribution in [2.45, 2.75) is 13.0 Å². The summed E-state index contributed by atoms with van der Waals surface area (Å²) in [4.78, 5) is 11.6. The second kappa shape index (κ2) is 6.75. The van der Waals surface area contributed by atoms with Crippen molar-refractivity contribution < 1.29 is 4.79 Å². The Balaban J connectivity index is 2.76. The molecule has 0 aliphatic rings. The van der Waals surface area contributed by atoms with E-state index < -0.39 is 6.04 Å². The van der Waals surface area contributed by atoms with Gasteiger partial charge in [0.05, 0.1) is 27.3 Å². The van der Waals surface area contributed by atoms with E-state index in [2.05, 4.69) is 16.6 Å². The van der Waals surface area contributed by atoms with Gasteiger partial charge in [-0.1, -0.05) is 40.7 Å². The number of carbonyl (C=O) groups is 1. The Labute approximate surface area is 121 Å². The predicted octanol–water partition coefficient (Wildman–Crippen LogP) is 3.20. The first kappa shape index (κ1) is 15.0. The first-order valence-corrected chi connectivity index (χ1v) is 6.21. The van der Waals surface area contributed by atoms with Crippen LogP contribution in [0.1, 0.15) is 6.92 Å². The van der Waals surface area contributed by atoms with Gasteiger partial charge in [-0.3, -0.25) is 4.79 Å². The van der Waals surface area contributed by atoms with Crippen LogP contribution in [-0.2, 0) is 4.79 Å². The minimum absolute atomic E-state index is 0.181. The zero-order valence-corrected chi connectivity index (χ0v) is 11.8. The summed E-state index contributed by atoms with van der Waals surface area (Å²) in [5, 5.41) is 6.60. The number of amides is 1. The van der Waals surface area contributed by atoms with Crippen LogP contribution in [0.2, 0.25) is 15.1 Å². The standard InChI is InChI=1S/C12H11Cl3N2O/c1-3-4-16-12(18)7(2)17-11-6-9(14)8(13)5-10(11)15/h1,5-7,17H,4H2,2H3,(H,16,18). The van der Waals surface area contributed by atoms with Crippen molar-refractivity contribution in [3.05, 3.63) is 27.2 Å². The van der Waals surface area contributed by atoms with E-state index in [1.54, 1.807) is 13.0 Å². The second-order valence-electron chi connectivity index (χ2n) is 3.53. The lowest BCUT2D eigenvalue weighted by molar-refractivity contribution is -0.121. The topological polar surface area (TPSA) is 41.1 Å². The molecule has 1 rings (SSSR count). The number of terminal acetylenes is 1. The second-order valence-corrected chi connectivity index (χ2v) is 4.76. The number of nitrogens with one attached hydrogen (secondary N) is 2. The van der Waals surface area contributed by atoms with E-state index in [0.29, 0.717) is 20.8 Å². The summed E-state index contributed by atoms with van der Waals surface area (Å²) in [6, 6.07) is 2.59. The number of halogens is 3. The highest BCUT2D eigenvalue weighted by Gasteiger charge is 2.14. The summed E-state index contributed by atoms with van der Waals surface area (Å²) in [5.74, 6) is 2.09. The molecule has 0 heterocycles. The number of benzene rings is 1. The van der Waals surface area contributed by atoms with Crippen molar-refractivity contribution in [1.82, 2.24) is 5.32 Å². The fourth-order valence-electron chi connectivity index (χ4n) is 1.22. The number of carbonyl (C=O) groups excluding carboxylic acids is 1. The van der Waals surface area contributed by atoms with Gasteiger partial charge in [0.2, 0.25) is 5.91 Å². The number of hydrogen-bond donors (Lipinski definition) is 2. The summed E-state index contributed by atoms with van der Waals surface area (Å²) >= 11 is 17.7. The molecule has 1 aromatic rings. The summed E-state index contributed by atoms with van der Waals surface area (Å²) in [7, 11) is 0. The lowest BCUT2D eigenvalue weighted by Crippen LogP contribution is -2.37. The molecule has 96 valence electrons. The van der Waals surface area contributed by atoms with E-state index in [-0.39, 0.29) is 12.5 Å². The molecule has 0 aliphatic carbocycles. The van der Waals surface area contributed by atoms with Crippen LogP contribution in [0.5, 0.6) is 0 Å². The van der Waals surface area contributed by atoms with E-state index in [1.165, 1.54) is 6.07 Å². The van der Waals surface area contributed by atoms with Gasteiger partial charge < -0.3 is 10.6 Å². The van der Waals surface area contributed by atoms with Crippen molar-refractivity contribution in [3.8, 4) is 12.3 Å². The van der Waals surface area contributed by atoms with Gasteiger partial charge in [0.1, 0.15) is 6.04 Å². The van der Waals surface area contributed by atoms with Gasteiger partial charge in [-0.25, -0.2) is 0 Å². The molecule has 0 bridgehead atoms. The van der Waals surface area contributed by atoms with Gasteiger partial charge in [-0.15, -0.1) is 6.42 Å². The van der Waals surface area contributed by atoms with Crippen molar-refractivity contribution in [1.29, 1.82) is 0 Å². The van der Waals surface area contributed by atoms with Gasteiger partial charge in [0.25, 0.3) is 0 Å². The third-order valence-electron chi connectivity index (χ3n) is 2.14. The fourth-order valence-corrected chi connectivity index (χ4v) is 1.82. The van der Waals surface area contributed by atoms with Crippen molar-refractivity contribution in [2.24, 2.45) is 0 Å². The molecule has 0 spiro atoms. The lowest BCUT2D eigenvalue weighted by atomic mass is 10.2. The molecule has 1 atom stereocenters. The van der Waals surface area contributed by atoms with E-state index in [9.17, 15) is 4.79 Å². The normalized spacial score (nSPS) is 11.5. The molecule has 18 heavy (non-hydrogen) atoms. The molecule has 2 N–H and O–H groups in total. The molecular formula is C12H11Cl3N2O. The molecule has 0 aromatic heterocycles. The van der Waals surface area contributed by atoms with Crippen LogP contribution in [0.25, 0.3) is 0 Å². The SMILES string of the molecule is C#CCNC(=O)C(C)Nc1cc(Cl)c(Cl)cc1Cl. The van der Waals surface area contributed by atoms with E-state index >= 15 is 0 Å². The maximum absolute atomic E-state index is 11.6. The van der Waals surface area contributed by atoms with E-state index in [4.69, 9.17) is 41.2 Å². The molecule has 1 aromatic carbocycles. The zero-order valence-electron chi connectivity index (χ0n) is 9.56. The molecule has 1 unspecified atom stereocenters. The number of anilines is 1. The van der Waals surface area contributed by atoms with Crippen molar-refractivity contribution in [2.75, 3.05) is 11.9 Å². The maximum atomic E-state index is 11.6. The first-order chi connectivity index (χ1) is 8.45. The minimum atomic E-state index is -0.493. The highest BCUT2D eigenvalue weighted by atomic mass is 35.5. The molecule has 1 amide bonds. The van der Waals surface area contributed by atoms with Gasteiger partial charge in [-0.05, 0) is 19.1 Å².